The van der Waals surface area contributed by atoms with E-state index >= 15 is 0 Å². The number of anilines is 1. The van der Waals surface area contributed by atoms with Gasteiger partial charge >= 0.3 is 0 Å². The summed E-state index contributed by atoms with van der Waals surface area (Å²) in [5.74, 6) is 2.18. The topological polar surface area (TPSA) is 55.4 Å². The number of nitrogens with one attached hydrogen (secondary N) is 2. The Morgan fingerprint density at radius 3 is 2.81 bits per heavy atom. The first-order chi connectivity index (χ1) is 12.8. The quantitative estimate of drug-likeness (QED) is 0.859. The monoisotopic (exact) mass is 355 g/mol. The summed E-state index contributed by atoms with van der Waals surface area (Å²) in [6.45, 7) is 3.27. The summed E-state index contributed by atoms with van der Waals surface area (Å²) in [7, 11) is 3.37. The molecular formula is C21H29N3O2. The van der Waals surface area contributed by atoms with Gasteiger partial charge in [0.25, 0.3) is 0 Å². The highest BCUT2D eigenvalue weighted by molar-refractivity contribution is 5.96. The van der Waals surface area contributed by atoms with Crippen molar-refractivity contribution in [2.75, 3.05) is 39.2 Å². The van der Waals surface area contributed by atoms with Gasteiger partial charge in [0, 0.05) is 29.4 Å². The maximum Gasteiger partial charge on any atom is 0.162 e. The summed E-state index contributed by atoms with van der Waals surface area (Å²) in [6, 6.07) is 4.08. The van der Waals surface area contributed by atoms with Gasteiger partial charge in [0.05, 0.1) is 19.7 Å². The molecule has 5 heteroatoms. The van der Waals surface area contributed by atoms with Crippen molar-refractivity contribution in [3.63, 3.8) is 0 Å². The molecule has 0 radical (unpaired) electrons. The minimum atomic E-state index is 0.679. The summed E-state index contributed by atoms with van der Waals surface area (Å²) in [6.07, 6.45) is 7.27. The highest BCUT2D eigenvalue weighted by atomic mass is 16.5. The Labute approximate surface area is 155 Å². The van der Waals surface area contributed by atoms with Crippen molar-refractivity contribution < 1.29 is 9.47 Å². The Morgan fingerprint density at radius 1 is 1.12 bits per heavy atom. The van der Waals surface area contributed by atoms with Crippen LogP contribution >= 0.6 is 0 Å². The molecule has 2 heterocycles. The van der Waals surface area contributed by atoms with Gasteiger partial charge in [-0.15, -0.1) is 0 Å². The van der Waals surface area contributed by atoms with Gasteiger partial charge in [-0.3, -0.25) is 4.98 Å². The summed E-state index contributed by atoms with van der Waals surface area (Å²) < 4.78 is 11.0. The van der Waals surface area contributed by atoms with Crippen LogP contribution in [0.25, 0.3) is 10.9 Å². The zero-order valence-electron chi connectivity index (χ0n) is 15.9. The number of nitrogens with zero attached hydrogens (tertiary/aromatic N) is 1. The molecule has 1 aromatic heterocycles. The third kappa shape index (κ3) is 3.32. The van der Waals surface area contributed by atoms with E-state index in [0.29, 0.717) is 5.92 Å². The number of methoxy groups -OCH3 is 2. The lowest BCUT2D eigenvalue weighted by Crippen LogP contribution is -2.26. The van der Waals surface area contributed by atoms with Crippen molar-refractivity contribution in [3.8, 4) is 11.5 Å². The van der Waals surface area contributed by atoms with Crippen LogP contribution in [0.15, 0.2) is 12.1 Å². The molecule has 5 nitrogen and oxygen atoms in total. The largest absolute Gasteiger partial charge is 0.493 e. The van der Waals surface area contributed by atoms with Crippen molar-refractivity contribution in [2.45, 2.75) is 38.5 Å². The van der Waals surface area contributed by atoms with E-state index in [4.69, 9.17) is 14.5 Å². The lowest BCUT2D eigenvalue weighted by Gasteiger charge is -2.20. The van der Waals surface area contributed by atoms with E-state index in [0.717, 1.165) is 54.9 Å². The van der Waals surface area contributed by atoms with Crippen LogP contribution in [0.4, 0.5) is 5.69 Å². The van der Waals surface area contributed by atoms with Crippen molar-refractivity contribution >= 4 is 16.6 Å². The Bertz CT molecular complexity index is 783. The molecule has 2 aliphatic rings. The smallest absolute Gasteiger partial charge is 0.162 e. The number of aromatic nitrogens is 1. The molecule has 26 heavy (non-hydrogen) atoms. The Hall–Kier alpha value is -2.01. The summed E-state index contributed by atoms with van der Waals surface area (Å²) in [4.78, 5) is 4.92. The standard InChI is InChI=1S/C21H29N3O2/c1-25-19-10-16-18(11-20(19)26-2)24-17-8-5-7-15(17)21(16)23-13-14-6-3-4-9-22-12-14/h10-11,14,22H,3-9,12-13H2,1-2H3,(H,23,24)/t14-/m1/s1. The van der Waals surface area contributed by atoms with Gasteiger partial charge in [0.15, 0.2) is 11.5 Å². The fourth-order valence-electron chi connectivity index (χ4n) is 4.30. The van der Waals surface area contributed by atoms with Gasteiger partial charge in [-0.1, -0.05) is 6.42 Å². The lowest BCUT2D eigenvalue weighted by atomic mass is 10.0. The molecule has 4 rings (SSSR count). The minimum Gasteiger partial charge on any atom is -0.493 e. The number of fused-ring (bicyclic) bond motifs is 2. The van der Waals surface area contributed by atoms with Crippen LogP contribution in [0, 0.1) is 5.92 Å². The van der Waals surface area contributed by atoms with Crippen LogP contribution in [-0.4, -0.2) is 38.8 Å². The van der Waals surface area contributed by atoms with E-state index in [1.54, 1.807) is 14.2 Å². The second-order valence-electron chi connectivity index (χ2n) is 7.44. The van der Waals surface area contributed by atoms with Crippen LogP contribution < -0.4 is 20.1 Å². The molecule has 1 aliphatic heterocycles. The molecule has 1 aliphatic carbocycles. The number of rotatable bonds is 5. The van der Waals surface area contributed by atoms with E-state index in [2.05, 4.69) is 16.7 Å². The van der Waals surface area contributed by atoms with Crippen LogP contribution in [0.2, 0.25) is 0 Å². The van der Waals surface area contributed by atoms with Gasteiger partial charge in [0.1, 0.15) is 0 Å². The Balaban J connectivity index is 1.71. The molecule has 0 unspecified atom stereocenters. The fourth-order valence-corrected chi connectivity index (χ4v) is 4.30. The third-order valence-corrected chi connectivity index (χ3v) is 5.73. The van der Waals surface area contributed by atoms with E-state index in [-0.39, 0.29) is 0 Å². The lowest BCUT2D eigenvalue weighted by molar-refractivity contribution is 0.356. The Kier molecular flexibility index (Phi) is 5.16. The van der Waals surface area contributed by atoms with E-state index in [9.17, 15) is 0 Å². The maximum atomic E-state index is 5.54. The van der Waals surface area contributed by atoms with E-state index in [1.807, 2.05) is 6.07 Å². The molecule has 1 saturated heterocycles. The maximum absolute atomic E-state index is 5.54. The predicted molar refractivity (Wildman–Crippen MR) is 106 cm³/mol. The molecule has 2 aromatic rings. The summed E-state index contributed by atoms with van der Waals surface area (Å²) in [5.41, 5.74) is 4.88. The zero-order chi connectivity index (χ0) is 17.9. The van der Waals surface area contributed by atoms with Crippen LogP contribution in [0.5, 0.6) is 11.5 Å². The average molecular weight is 355 g/mol. The number of hydrogen-bond donors (Lipinski definition) is 2. The number of benzene rings is 1. The zero-order valence-corrected chi connectivity index (χ0v) is 15.9. The number of aryl methyl sites for hydroxylation is 1. The van der Waals surface area contributed by atoms with Gasteiger partial charge in [-0.2, -0.15) is 0 Å². The van der Waals surface area contributed by atoms with Crippen molar-refractivity contribution in [1.82, 2.24) is 10.3 Å². The molecule has 0 bridgehead atoms. The van der Waals surface area contributed by atoms with E-state index < -0.39 is 0 Å². The van der Waals surface area contributed by atoms with Crippen molar-refractivity contribution in [2.24, 2.45) is 5.92 Å². The number of ether oxygens (including phenoxy) is 2. The van der Waals surface area contributed by atoms with Gasteiger partial charge < -0.3 is 20.1 Å². The normalized spacial score (nSPS) is 19.8. The molecule has 2 N–H and O–H groups in total. The minimum absolute atomic E-state index is 0.679. The average Bonchev–Trinajstić information content (AvgIpc) is 2.98. The molecule has 140 valence electrons. The predicted octanol–water partition coefficient (Wildman–Crippen LogP) is 3.54. The van der Waals surface area contributed by atoms with Crippen molar-refractivity contribution in [1.29, 1.82) is 0 Å². The molecule has 0 amide bonds. The molecule has 1 atom stereocenters. The number of hydrogen-bond acceptors (Lipinski definition) is 5. The summed E-state index contributed by atoms with van der Waals surface area (Å²) >= 11 is 0. The van der Waals surface area contributed by atoms with Gasteiger partial charge in [-0.25, -0.2) is 0 Å². The fraction of sp³-hybridized carbons (Fsp3) is 0.571. The van der Waals surface area contributed by atoms with E-state index in [1.165, 1.54) is 42.6 Å². The summed E-state index contributed by atoms with van der Waals surface area (Å²) in [5, 5.41) is 8.51. The molecule has 0 saturated carbocycles. The highest BCUT2D eigenvalue weighted by Gasteiger charge is 2.22. The molecule has 1 aromatic carbocycles. The van der Waals surface area contributed by atoms with Crippen LogP contribution in [-0.2, 0) is 12.8 Å². The SMILES string of the molecule is COc1cc2nc3c(c(NC[C@@H]4CCCCNC4)c2cc1OC)CCC3. The second-order valence-corrected chi connectivity index (χ2v) is 7.44. The first kappa shape index (κ1) is 17.4. The van der Waals surface area contributed by atoms with Gasteiger partial charge in [-0.05, 0) is 62.7 Å². The highest BCUT2D eigenvalue weighted by Crippen LogP contribution is 2.39. The first-order valence-corrected chi connectivity index (χ1v) is 9.82. The molecular weight excluding hydrogens is 326 g/mol. The van der Waals surface area contributed by atoms with Crippen molar-refractivity contribution in [3.05, 3.63) is 23.4 Å². The third-order valence-electron chi connectivity index (χ3n) is 5.73. The Morgan fingerprint density at radius 2 is 1.96 bits per heavy atom. The first-order valence-electron chi connectivity index (χ1n) is 9.82. The van der Waals surface area contributed by atoms with Gasteiger partial charge in [0.2, 0.25) is 0 Å². The molecule has 0 spiro atoms. The van der Waals surface area contributed by atoms with Crippen LogP contribution in [0.3, 0.4) is 0 Å². The second kappa shape index (κ2) is 7.70. The van der Waals surface area contributed by atoms with Crippen LogP contribution in [0.1, 0.15) is 36.9 Å². The number of pyridine rings is 1. The molecule has 1 fully saturated rings.